The van der Waals surface area contributed by atoms with Crippen molar-refractivity contribution in [1.82, 2.24) is 9.80 Å². The minimum Gasteiger partial charge on any atom is -0.468 e. The number of hydrogen-bond acceptors (Lipinski definition) is 3. The molecule has 0 bridgehead atoms. The Morgan fingerprint density at radius 1 is 1.31 bits per heavy atom. The molecule has 3 nitrogen and oxygen atoms in total. The molecule has 0 spiro atoms. The van der Waals surface area contributed by atoms with Crippen LogP contribution in [0.2, 0.25) is 0 Å². The van der Waals surface area contributed by atoms with Crippen molar-refractivity contribution in [3.63, 3.8) is 0 Å². The van der Waals surface area contributed by atoms with Crippen molar-refractivity contribution >= 4 is 0 Å². The monoisotopic (exact) mass is 222 g/mol. The first-order valence-electron chi connectivity index (χ1n) is 6.28. The Balaban J connectivity index is 1.65. The van der Waals surface area contributed by atoms with Crippen molar-refractivity contribution in [2.75, 3.05) is 33.2 Å². The third-order valence-electron chi connectivity index (χ3n) is 3.25. The summed E-state index contributed by atoms with van der Waals surface area (Å²) in [5.74, 6) is 1.06. The van der Waals surface area contributed by atoms with Gasteiger partial charge in [0, 0.05) is 13.1 Å². The van der Waals surface area contributed by atoms with Crippen LogP contribution in [0.3, 0.4) is 0 Å². The molecule has 0 saturated carbocycles. The van der Waals surface area contributed by atoms with E-state index in [0.717, 1.165) is 18.8 Å². The third-order valence-corrected chi connectivity index (χ3v) is 3.25. The maximum Gasteiger partial charge on any atom is 0.117 e. The fourth-order valence-corrected chi connectivity index (χ4v) is 2.24. The van der Waals surface area contributed by atoms with Crippen LogP contribution in [0.1, 0.15) is 25.0 Å². The Kier molecular flexibility index (Phi) is 4.43. The molecule has 1 aromatic rings. The summed E-state index contributed by atoms with van der Waals surface area (Å²) in [6.07, 6.45) is 5.91. The Bertz CT molecular complexity index is 278. The van der Waals surface area contributed by atoms with Gasteiger partial charge in [-0.25, -0.2) is 0 Å². The first-order valence-corrected chi connectivity index (χ1v) is 6.28. The molecule has 3 heteroatoms. The molecule has 0 atom stereocenters. The van der Waals surface area contributed by atoms with E-state index in [-0.39, 0.29) is 0 Å². The lowest BCUT2D eigenvalue weighted by molar-refractivity contribution is 0.189. The third kappa shape index (κ3) is 3.65. The summed E-state index contributed by atoms with van der Waals surface area (Å²) in [4.78, 5) is 4.90. The average Bonchev–Trinajstić information content (AvgIpc) is 2.81. The zero-order chi connectivity index (χ0) is 11.2. The predicted octanol–water partition coefficient (Wildman–Crippen LogP) is 2.20. The molecule has 0 aromatic carbocycles. The summed E-state index contributed by atoms with van der Waals surface area (Å²) >= 11 is 0. The van der Waals surface area contributed by atoms with Gasteiger partial charge in [0.25, 0.3) is 0 Å². The first kappa shape index (κ1) is 11.7. The first-order chi connectivity index (χ1) is 7.84. The highest BCUT2D eigenvalue weighted by Crippen LogP contribution is 2.09. The number of rotatable bonds is 5. The maximum absolute atomic E-state index is 5.34. The molecule has 1 aromatic heterocycles. The summed E-state index contributed by atoms with van der Waals surface area (Å²) in [6.45, 7) is 5.81. The second-order valence-corrected chi connectivity index (χ2v) is 4.72. The second-order valence-electron chi connectivity index (χ2n) is 4.72. The van der Waals surface area contributed by atoms with Gasteiger partial charge < -0.3 is 9.32 Å². The van der Waals surface area contributed by atoms with E-state index >= 15 is 0 Å². The van der Waals surface area contributed by atoms with Gasteiger partial charge in [-0.05, 0) is 45.1 Å². The highest BCUT2D eigenvalue weighted by Gasteiger charge is 2.10. The SMILES string of the molecule is CN(CCN1CCCCC1)Cc1ccco1. The van der Waals surface area contributed by atoms with Gasteiger partial charge in [-0.15, -0.1) is 0 Å². The van der Waals surface area contributed by atoms with E-state index in [9.17, 15) is 0 Å². The number of furan rings is 1. The fourth-order valence-electron chi connectivity index (χ4n) is 2.24. The Morgan fingerprint density at radius 2 is 2.12 bits per heavy atom. The molecule has 1 aliphatic rings. The average molecular weight is 222 g/mol. The second kappa shape index (κ2) is 6.06. The number of likely N-dealkylation sites (N-methyl/N-ethyl adjacent to an activating group) is 1. The smallest absolute Gasteiger partial charge is 0.117 e. The molecule has 16 heavy (non-hydrogen) atoms. The molecule has 0 aliphatic carbocycles. The van der Waals surface area contributed by atoms with Gasteiger partial charge in [-0.1, -0.05) is 6.42 Å². The Morgan fingerprint density at radius 3 is 2.81 bits per heavy atom. The molecule has 90 valence electrons. The zero-order valence-corrected chi connectivity index (χ0v) is 10.2. The van der Waals surface area contributed by atoms with E-state index in [1.165, 1.54) is 38.9 Å². The van der Waals surface area contributed by atoms with Crippen LogP contribution in [0.4, 0.5) is 0 Å². The van der Waals surface area contributed by atoms with Gasteiger partial charge in [0.2, 0.25) is 0 Å². The fraction of sp³-hybridized carbons (Fsp3) is 0.692. The zero-order valence-electron chi connectivity index (χ0n) is 10.2. The van der Waals surface area contributed by atoms with Crippen molar-refractivity contribution in [2.24, 2.45) is 0 Å². The quantitative estimate of drug-likeness (QED) is 0.761. The van der Waals surface area contributed by atoms with E-state index in [1.807, 2.05) is 12.1 Å². The number of nitrogens with zero attached hydrogens (tertiary/aromatic N) is 2. The van der Waals surface area contributed by atoms with Crippen LogP contribution >= 0.6 is 0 Å². The van der Waals surface area contributed by atoms with Crippen molar-refractivity contribution in [2.45, 2.75) is 25.8 Å². The van der Waals surface area contributed by atoms with Crippen LogP contribution in [-0.2, 0) is 6.54 Å². The van der Waals surface area contributed by atoms with Crippen LogP contribution in [0.15, 0.2) is 22.8 Å². The Hall–Kier alpha value is -0.800. The molecule has 0 unspecified atom stereocenters. The highest BCUT2D eigenvalue weighted by atomic mass is 16.3. The molecule has 1 fully saturated rings. The molecule has 2 rings (SSSR count). The van der Waals surface area contributed by atoms with Crippen molar-refractivity contribution in [1.29, 1.82) is 0 Å². The van der Waals surface area contributed by atoms with Crippen molar-refractivity contribution < 1.29 is 4.42 Å². The normalized spacial score (nSPS) is 18.1. The van der Waals surface area contributed by atoms with Gasteiger partial charge in [-0.3, -0.25) is 4.90 Å². The summed E-state index contributed by atoms with van der Waals surface area (Å²) in [5.41, 5.74) is 0. The topological polar surface area (TPSA) is 19.6 Å². The molecule has 1 aliphatic heterocycles. The van der Waals surface area contributed by atoms with Gasteiger partial charge in [0.1, 0.15) is 5.76 Å². The molecule has 0 amide bonds. The van der Waals surface area contributed by atoms with E-state index in [2.05, 4.69) is 16.8 Å². The Labute approximate surface area is 98.0 Å². The summed E-state index contributed by atoms with van der Waals surface area (Å²) in [6, 6.07) is 3.99. The molecule has 1 saturated heterocycles. The lowest BCUT2D eigenvalue weighted by atomic mass is 10.1. The van der Waals surface area contributed by atoms with E-state index in [1.54, 1.807) is 6.26 Å². The molecule has 0 N–H and O–H groups in total. The van der Waals surface area contributed by atoms with Gasteiger partial charge in [-0.2, -0.15) is 0 Å². The largest absolute Gasteiger partial charge is 0.468 e. The minimum absolute atomic E-state index is 0.918. The summed E-state index contributed by atoms with van der Waals surface area (Å²) < 4.78 is 5.34. The number of hydrogen-bond donors (Lipinski definition) is 0. The van der Waals surface area contributed by atoms with Gasteiger partial charge >= 0.3 is 0 Å². The van der Waals surface area contributed by atoms with Crippen LogP contribution in [0, 0.1) is 0 Å². The van der Waals surface area contributed by atoms with E-state index in [0.29, 0.717) is 0 Å². The van der Waals surface area contributed by atoms with Crippen LogP contribution < -0.4 is 0 Å². The van der Waals surface area contributed by atoms with E-state index < -0.39 is 0 Å². The van der Waals surface area contributed by atoms with Crippen molar-refractivity contribution in [3.8, 4) is 0 Å². The lowest BCUT2D eigenvalue weighted by Gasteiger charge is -2.28. The maximum atomic E-state index is 5.34. The summed E-state index contributed by atoms with van der Waals surface area (Å²) in [5, 5.41) is 0. The molecular formula is C13H22N2O. The highest BCUT2D eigenvalue weighted by molar-refractivity contribution is 4.97. The van der Waals surface area contributed by atoms with Crippen LogP contribution in [-0.4, -0.2) is 43.0 Å². The predicted molar refractivity (Wildman–Crippen MR) is 65.3 cm³/mol. The molecular weight excluding hydrogens is 200 g/mol. The molecule has 2 heterocycles. The van der Waals surface area contributed by atoms with Crippen LogP contribution in [0.25, 0.3) is 0 Å². The standard InChI is InChI=1S/C13H22N2O/c1-14(12-13-6-5-11-16-13)9-10-15-7-3-2-4-8-15/h5-6,11H,2-4,7-10,12H2,1H3. The van der Waals surface area contributed by atoms with Crippen molar-refractivity contribution in [3.05, 3.63) is 24.2 Å². The summed E-state index contributed by atoms with van der Waals surface area (Å²) in [7, 11) is 2.16. The minimum atomic E-state index is 0.918. The van der Waals surface area contributed by atoms with E-state index in [4.69, 9.17) is 4.42 Å². The van der Waals surface area contributed by atoms with Gasteiger partial charge in [0.15, 0.2) is 0 Å². The van der Waals surface area contributed by atoms with Crippen LogP contribution in [0.5, 0.6) is 0 Å². The molecule has 0 radical (unpaired) electrons. The lowest BCUT2D eigenvalue weighted by Crippen LogP contribution is -2.36. The number of likely N-dealkylation sites (tertiary alicyclic amines) is 1. The number of piperidine rings is 1. The van der Waals surface area contributed by atoms with Gasteiger partial charge in [0.05, 0.1) is 12.8 Å².